The first-order valence-electron chi connectivity index (χ1n) is 7.06. The third-order valence-corrected chi connectivity index (χ3v) is 5.08. The highest BCUT2D eigenvalue weighted by Crippen LogP contribution is 2.45. The van der Waals surface area contributed by atoms with Crippen molar-refractivity contribution in [3.63, 3.8) is 0 Å². The lowest BCUT2D eigenvalue weighted by atomic mass is 9.72. The molecule has 1 aliphatic heterocycles. The molecule has 0 aliphatic carbocycles. The molecule has 0 spiro atoms. The van der Waals surface area contributed by atoms with Crippen LogP contribution < -0.4 is 0 Å². The number of piperidine rings is 1. The molecule has 1 fully saturated rings. The summed E-state index contributed by atoms with van der Waals surface area (Å²) in [5.41, 5.74) is -0.212. The van der Waals surface area contributed by atoms with Crippen molar-refractivity contribution in [3.8, 4) is 0 Å². The van der Waals surface area contributed by atoms with Crippen LogP contribution in [0.1, 0.15) is 66.2 Å². The van der Waals surface area contributed by atoms with Gasteiger partial charge in [0.15, 0.2) is 0 Å². The zero-order valence-electron chi connectivity index (χ0n) is 12.1. The Hall–Kier alpha value is -0.120. The molecule has 0 radical (unpaired) electrons. The van der Waals surface area contributed by atoms with E-state index >= 15 is 0 Å². The molecule has 0 atom stereocenters. The van der Waals surface area contributed by atoms with Crippen LogP contribution in [0.3, 0.4) is 0 Å². The van der Waals surface area contributed by atoms with Gasteiger partial charge in [-0.3, -0.25) is 0 Å². The molecule has 0 amide bonds. The van der Waals surface area contributed by atoms with Gasteiger partial charge in [0.2, 0.25) is 0 Å². The smallest absolute Gasteiger partial charge is 0.0608 e. The summed E-state index contributed by atoms with van der Waals surface area (Å²) in [5, 5.41) is 12.4. The molecular weight excluding hydrogens is 214 g/mol. The summed E-state index contributed by atoms with van der Waals surface area (Å²) < 4.78 is 5.62. The summed E-state index contributed by atoms with van der Waals surface area (Å²) in [6.45, 7) is 8.67. The molecule has 102 valence electrons. The lowest BCUT2D eigenvalue weighted by molar-refractivity contribution is -0.283. The SMILES string of the molecule is CCC1(CC)CC(OC)CC(CC)(CC)N1O. The quantitative estimate of drug-likeness (QED) is 0.800. The van der Waals surface area contributed by atoms with Gasteiger partial charge in [0.05, 0.1) is 6.10 Å². The van der Waals surface area contributed by atoms with E-state index in [-0.39, 0.29) is 17.2 Å². The summed E-state index contributed by atoms with van der Waals surface area (Å²) in [4.78, 5) is 0. The van der Waals surface area contributed by atoms with Crippen LogP contribution in [0.25, 0.3) is 0 Å². The number of nitrogens with zero attached hydrogens (tertiary/aromatic N) is 1. The zero-order valence-corrected chi connectivity index (χ0v) is 12.1. The van der Waals surface area contributed by atoms with Gasteiger partial charge in [0.1, 0.15) is 0 Å². The Morgan fingerprint density at radius 1 is 1.00 bits per heavy atom. The molecular formula is C14H29NO2. The van der Waals surface area contributed by atoms with E-state index in [2.05, 4.69) is 27.7 Å². The minimum absolute atomic E-state index is 0.106. The van der Waals surface area contributed by atoms with E-state index in [1.807, 2.05) is 0 Å². The maximum Gasteiger partial charge on any atom is 0.0608 e. The van der Waals surface area contributed by atoms with Crippen LogP contribution in [0, 0.1) is 0 Å². The molecule has 1 heterocycles. The second kappa shape index (κ2) is 5.68. The van der Waals surface area contributed by atoms with Crippen LogP contribution in [0.2, 0.25) is 0 Å². The third-order valence-electron chi connectivity index (χ3n) is 5.08. The van der Waals surface area contributed by atoms with Crippen molar-refractivity contribution in [1.82, 2.24) is 5.06 Å². The highest BCUT2D eigenvalue weighted by Gasteiger charge is 2.51. The van der Waals surface area contributed by atoms with Crippen molar-refractivity contribution in [2.45, 2.75) is 83.4 Å². The van der Waals surface area contributed by atoms with Crippen LogP contribution in [-0.2, 0) is 4.74 Å². The van der Waals surface area contributed by atoms with E-state index in [4.69, 9.17) is 4.74 Å². The molecule has 0 aromatic heterocycles. The monoisotopic (exact) mass is 243 g/mol. The lowest BCUT2D eigenvalue weighted by Gasteiger charge is -2.56. The van der Waals surface area contributed by atoms with Gasteiger partial charge in [-0.1, -0.05) is 27.7 Å². The van der Waals surface area contributed by atoms with Gasteiger partial charge < -0.3 is 9.94 Å². The third kappa shape index (κ3) is 2.38. The molecule has 17 heavy (non-hydrogen) atoms. The Morgan fingerprint density at radius 3 is 1.59 bits per heavy atom. The number of hydrogen-bond acceptors (Lipinski definition) is 3. The minimum atomic E-state index is -0.106. The molecule has 0 unspecified atom stereocenters. The summed E-state index contributed by atoms with van der Waals surface area (Å²) in [6.07, 6.45) is 6.05. The fourth-order valence-electron chi connectivity index (χ4n) is 3.44. The standard InChI is InChI=1S/C14H29NO2/c1-6-13(7-2)10-12(17-5)11-14(8-3,9-4)15(13)16/h12,16H,6-11H2,1-5H3. The van der Waals surface area contributed by atoms with Gasteiger partial charge in [-0.25, -0.2) is 0 Å². The summed E-state index contributed by atoms with van der Waals surface area (Å²) >= 11 is 0. The maximum atomic E-state index is 10.7. The summed E-state index contributed by atoms with van der Waals surface area (Å²) in [6, 6.07) is 0. The second-order valence-electron chi connectivity index (χ2n) is 5.44. The molecule has 1 rings (SSSR count). The number of methoxy groups -OCH3 is 1. The predicted molar refractivity (Wildman–Crippen MR) is 70.3 cm³/mol. The Morgan fingerprint density at radius 2 is 1.35 bits per heavy atom. The number of hydrogen-bond donors (Lipinski definition) is 1. The van der Waals surface area contributed by atoms with E-state index in [9.17, 15) is 5.21 Å². The van der Waals surface area contributed by atoms with E-state index < -0.39 is 0 Å². The van der Waals surface area contributed by atoms with Gasteiger partial charge in [-0.2, -0.15) is 5.06 Å². The predicted octanol–water partition coefficient (Wildman–Crippen LogP) is 3.60. The van der Waals surface area contributed by atoms with Gasteiger partial charge >= 0.3 is 0 Å². The van der Waals surface area contributed by atoms with E-state index in [1.54, 1.807) is 12.2 Å². The average molecular weight is 243 g/mol. The number of rotatable bonds is 5. The Balaban J connectivity index is 3.08. The lowest BCUT2D eigenvalue weighted by Crippen LogP contribution is -2.64. The summed E-state index contributed by atoms with van der Waals surface area (Å²) in [5.74, 6) is 0. The van der Waals surface area contributed by atoms with Crippen LogP contribution in [0.5, 0.6) is 0 Å². The van der Waals surface area contributed by atoms with E-state index in [0.29, 0.717) is 0 Å². The average Bonchev–Trinajstić information content (AvgIpc) is 2.40. The first-order valence-corrected chi connectivity index (χ1v) is 7.06. The first-order chi connectivity index (χ1) is 8.04. The molecule has 1 saturated heterocycles. The molecule has 1 aliphatic rings. The zero-order chi connectivity index (χ0) is 13.1. The Kier molecular flexibility index (Phi) is 4.99. The molecule has 0 bridgehead atoms. The van der Waals surface area contributed by atoms with Crippen molar-refractivity contribution in [2.75, 3.05) is 7.11 Å². The normalized spacial score (nSPS) is 25.1. The molecule has 3 heteroatoms. The highest BCUT2D eigenvalue weighted by molar-refractivity contribution is 5.03. The van der Waals surface area contributed by atoms with Crippen LogP contribution in [0.4, 0.5) is 0 Å². The number of hydroxylamine groups is 2. The molecule has 0 aromatic rings. The molecule has 1 N–H and O–H groups in total. The van der Waals surface area contributed by atoms with Crippen molar-refractivity contribution in [1.29, 1.82) is 0 Å². The maximum absolute atomic E-state index is 10.7. The Bertz CT molecular complexity index is 212. The molecule has 3 nitrogen and oxygen atoms in total. The topological polar surface area (TPSA) is 32.7 Å². The number of ether oxygens (including phenoxy) is 1. The fourth-order valence-corrected chi connectivity index (χ4v) is 3.44. The Labute approximate surface area is 106 Å². The van der Waals surface area contributed by atoms with Crippen molar-refractivity contribution < 1.29 is 9.94 Å². The molecule has 0 saturated carbocycles. The first kappa shape index (κ1) is 14.9. The van der Waals surface area contributed by atoms with Crippen LogP contribution in [0.15, 0.2) is 0 Å². The van der Waals surface area contributed by atoms with E-state index in [1.165, 1.54) is 0 Å². The largest absolute Gasteiger partial charge is 0.381 e. The fraction of sp³-hybridized carbons (Fsp3) is 1.00. The van der Waals surface area contributed by atoms with Gasteiger partial charge in [-0.15, -0.1) is 0 Å². The van der Waals surface area contributed by atoms with Crippen molar-refractivity contribution >= 4 is 0 Å². The van der Waals surface area contributed by atoms with Gasteiger partial charge in [0.25, 0.3) is 0 Å². The van der Waals surface area contributed by atoms with Gasteiger partial charge in [-0.05, 0) is 38.5 Å². The van der Waals surface area contributed by atoms with E-state index in [0.717, 1.165) is 38.5 Å². The minimum Gasteiger partial charge on any atom is -0.381 e. The summed E-state index contributed by atoms with van der Waals surface area (Å²) in [7, 11) is 1.80. The van der Waals surface area contributed by atoms with Crippen LogP contribution in [-0.4, -0.2) is 34.6 Å². The second-order valence-corrected chi connectivity index (χ2v) is 5.44. The van der Waals surface area contributed by atoms with Gasteiger partial charge in [0, 0.05) is 18.2 Å². The van der Waals surface area contributed by atoms with Crippen molar-refractivity contribution in [2.24, 2.45) is 0 Å². The van der Waals surface area contributed by atoms with Crippen LogP contribution >= 0.6 is 0 Å². The molecule has 0 aromatic carbocycles. The highest BCUT2D eigenvalue weighted by atomic mass is 16.5. The van der Waals surface area contributed by atoms with Crippen molar-refractivity contribution in [3.05, 3.63) is 0 Å².